The van der Waals surface area contributed by atoms with Gasteiger partial charge in [-0.25, -0.2) is 15.0 Å². The molecular formula is C26H35ClN6O. The number of rotatable bonds is 8. The number of nitrogens with one attached hydrogen (secondary N) is 2. The van der Waals surface area contributed by atoms with Crippen LogP contribution in [0, 0.1) is 29.6 Å². The highest BCUT2D eigenvalue weighted by atomic mass is 35.5. The predicted octanol–water partition coefficient (Wildman–Crippen LogP) is 5.32. The number of pyridine rings is 1. The van der Waals surface area contributed by atoms with Crippen LogP contribution in [0.2, 0.25) is 5.02 Å². The van der Waals surface area contributed by atoms with Gasteiger partial charge in [0.05, 0.1) is 29.3 Å². The number of halogens is 1. The van der Waals surface area contributed by atoms with Crippen molar-refractivity contribution >= 4 is 35.0 Å². The summed E-state index contributed by atoms with van der Waals surface area (Å²) < 4.78 is 0. The highest BCUT2D eigenvalue weighted by molar-refractivity contribution is 6.30. The van der Waals surface area contributed by atoms with Crippen LogP contribution in [0.1, 0.15) is 57.9 Å². The van der Waals surface area contributed by atoms with E-state index in [-0.39, 0.29) is 11.3 Å². The molecule has 2 atom stereocenters. The Bertz CT molecular complexity index is 1050. The molecule has 1 saturated heterocycles. The van der Waals surface area contributed by atoms with E-state index >= 15 is 0 Å². The van der Waals surface area contributed by atoms with Crippen molar-refractivity contribution in [2.75, 3.05) is 35.2 Å². The summed E-state index contributed by atoms with van der Waals surface area (Å²) in [5.74, 6) is 3.09. The third-order valence-electron chi connectivity index (χ3n) is 8.46. The maximum absolute atomic E-state index is 12.3. The van der Waals surface area contributed by atoms with Crippen LogP contribution in [-0.2, 0) is 4.79 Å². The summed E-state index contributed by atoms with van der Waals surface area (Å²) in [7, 11) is 0. The van der Waals surface area contributed by atoms with Crippen molar-refractivity contribution in [2.45, 2.75) is 59.3 Å². The van der Waals surface area contributed by atoms with Crippen LogP contribution in [0.5, 0.6) is 0 Å². The van der Waals surface area contributed by atoms with Gasteiger partial charge in [0.2, 0.25) is 11.9 Å². The molecule has 7 nitrogen and oxygen atoms in total. The third kappa shape index (κ3) is 4.85. The lowest BCUT2D eigenvalue weighted by atomic mass is 9.81. The smallest absolute Gasteiger partial charge is 0.231 e. The molecule has 3 heterocycles. The van der Waals surface area contributed by atoms with Gasteiger partial charge in [-0.3, -0.25) is 4.79 Å². The van der Waals surface area contributed by atoms with Crippen LogP contribution in [0.25, 0.3) is 0 Å². The Morgan fingerprint density at radius 1 is 1.15 bits per heavy atom. The average molecular weight is 483 g/mol. The van der Waals surface area contributed by atoms with E-state index in [9.17, 15) is 4.79 Å². The first kappa shape index (κ1) is 23.3. The number of piperidine rings is 1. The Morgan fingerprint density at radius 3 is 2.50 bits per heavy atom. The first-order valence-electron chi connectivity index (χ1n) is 12.5. The fourth-order valence-electron chi connectivity index (χ4n) is 5.48. The van der Waals surface area contributed by atoms with Gasteiger partial charge in [-0.1, -0.05) is 25.4 Å². The van der Waals surface area contributed by atoms with E-state index in [1.54, 1.807) is 12.4 Å². The zero-order chi connectivity index (χ0) is 23.9. The van der Waals surface area contributed by atoms with E-state index in [1.165, 1.54) is 25.7 Å². The average Bonchev–Trinajstić information content (AvgIpc) is 3.74. The molecule has 1 aliphatic heterocycles. The van der Waals surface area contributed by atoms with Crippen LogP contribution >= 0.6 is 11.6 Å². The van der Waals surface area contributed by atoms with Crippen molar-refractivity contribution in [1.29, 1.82) is 0 Å². The standard InChI is InChI=1S/C26H35ClN6O/c1-17-12-21(16-29-22(17)32-23(34)25(2)7-8-25)28-9-4-19-13-26(19,3)18-5-10-33(11-6-18)24-30-14-20(27)15-31-24/h12,14-16,18-19,28H,4-11,13H2,1-3H3,(H,29,32,34)/t19-,26-/m1/s1. The number of aryl methyl sites for hydroxylation is 1. The van der Waals surface area contributed by atoms with E-state index in [0.717, 1.165) is 61.5 Å². The summed E-state index contributed by atoms with van der Waals surface area (Å²) in [6.45, 7) is 9.46. The van der Waals surface area contributed by atoms with E-state index in [0.29, 0.717) is 16.3 Å². The second-order valence-electron chi connectivity index (χ2n) is 11.0. The number of carbonyl (C=O) groups excluding carboxylic acids is 1. The molecule has 34 heavy (non-hydrogen) atoms. The quantitative estimate of drug-likeness (QED) is 0.530. The van der Waals surface area contributed by atoms with Crippen molar-refractivity contribution in [2.24, 2.45) is 22.7 Å². The Kier molecular flexibility index (Phi) is 6.17. The zero-order valence-corrected chi connectivity index (χ0v) is 21.2. The first-order chi connectivity index (χ1) is 16.3. The molecule has 0 bridgehead atoms. The second kappa shape index (κ2) is 8.99. The van der Waals surface area contributed by atoms with Crippen molar-refractivity contribution in [3.8, 4) is 0 Å². The van der Waals surface area contributed by atoms with Gasteiger partial charge in [0.15, 0.2) is 0 Å². The van der Waals surface area contributed by atoms with Crippen molar-refractivity contribution in [3.63, 3.8) is 0 Å². The number of nitrogens with zero attached hydrogens (tertiary/aromatic N) is 4. The van der Waals surface area contributed by atoms with Gasteiger partial charge in [0, 0.05) is 25.0 Å². The van der Waals surface area contributed by atoms with E-state index < -0.39 is 0 Å². The molecule has 0 radical (unpaired) electrons. The Labute approximate surface area is 207 Å². The van der Waals surface area contributed by atoms with Crippen LogP contribution in [-0.4, -0.2) is 40.5 Å². The first-order valence-corrected chi connectivity index (χ1v) is 12.9. The minimum atomic E-state index is -0.192. The summed E-state index contributed by atoms with van der Waals surface area (Å²) in [6, 6.07) is 2.08. The maximum Gasteiger partial charge on any atom is 0.231 e. The molecule has 0 spiro atoms. The minimum absolute atomic E-state index is 0.0864. The molecule has 2 N–H and O–H groups in total. The second-order valence-corrected chi connectivity index (χ2v) is 11.4. The monoisotopic (exact) mass is 482 g/mol. The van der Waals surface area contributed by atoms with Crippen molar-refractivity contribution in [3.05, 3.63) is 35.2 Å². The fraction of sp³-hybridized carbons (Fsp3) is 0.615. The lowest BCUT2D eigenvalue weighted by Gasteiger charge is -2.35. The molecule has 3 aliphatic rings. The molecule has 3 fully saturated rings. The molecule has 182 valence electrons. The van der Waals surface area contributed by atoms with Gasteiger partial charge < -0.3 is 15.5 Å². The lowest BCUT2D eigenvalue weighted by Crippen LogP contribution is -2.37. The Balaban J connectivity index is 1.06. The summed E-state index contributed by atoms with van der Waals surface area (Å²) in [6.07, 6.45) is 12.0. The molecule has 0 unspecified atom stereocenters. The van der Waals surface area contributed by atoms with Gasteiger partial charge in [0.1, 0.15) is 5.82 Å². The molecule has 2 aromatic rings. The maximum atomic E-state index is 12.3. The Morgan fingerprint density at radius 2 is 1.85 bits per heavy atom. The third-order valence-corrected chi connectivity index (χ3v) is 8.65. The van der Waals surface area contributed by atoms with Crippen molar-refractivity contribution < 1.29 is 4.79 Å². The number of carbonyl (C=O) groups is 1. The molecule has 2 aliphatic carbocycles. The number of hydrogen-bond donors (Lipinski definition) is 2. The van der Waals surface area contributed by atoms with E-state index in [2.05, 4.69) is 43.5 Å². The van der Waals surface area contributed by atoms with Crippen molar-refractivity contribution in [1.82, 2.24) is 15.0 Å². The molecule has 2 saturated carbocycles. The molecular weight excluding hydrogens is 448 g/mol. The van der Waals surface area contributed by atoms with Gasteiger partial charge in [0.25, 0.3) is 0 Å². The summed E-state index contributed by atoms with van der Waals surface area (Å²) in [4.78, 5) is 27.8. The number of anilines is 3. The highest BCUT2D eigenvalue weighted by Gasteiger charge is 2.54. The van der Waals surface area contributed by atoms with Gasteiger partial charge in [-0.05, 0) is 74.3 Å². The van der Waals surface area contributed by atoms with Gasteiger partial charge in [-0.15, -0.1) is 0 Å². The molecule has 1 amide bonds. The highest BCUT2D eigenvalue weighted by Crippen LogP contribution is 2.61. The summed E-state index contributed by atoms with van der Waals surface area (Å²) in [5.41, 5.74) is 2.28. The van der Waals surface area contributed by atoms with Gasteiger partial charge in [-0.2, -0.15) is 0 Å². The molecule has 5 rings (SSSR count). The van der Waals surface area contributed by atoms with Gasteiger partial charge >= 0.3 is 0 Å². The minimum Gasteiger partial charge on any atom is -0.384 e. The lowest BCUT2D eigenvalue weighted by molar-refractivity contribution is -0.120. The van der Waals surface area contributed by atoms with Crippen LogP contribution in [0.3, 0.4) is 0 Å². The SMILES string of the molecule is Cc1cc(NCC[C@@H]2C[C@]2(C)C2CCN(c3ncc(Cl)cn3)CC2)cnc1NC(=O)C1(C)CC1. The fourth-order valence-corrected chi connectivity index (χ4v) is 5.58. The summed E-state index contributed by atoms with van der Waals surface area (Å²) >= 11 is 5.92. The van der Waals surface area contributed by atoms with Crippen LogP contribution in [0.15, 0.2) is 24.7 Å². The van der Waals surface area contributed by atoms with E-state index in [1.807, 2.05) is 20.0 Å². The predicted molar refractivity (Wildman–Crippen MR) is 136 cm³/mol. The molecule has 2 aromatic heterocycles. The van der Waals surface area contributed by atoms with Crippen LogP contribution in [0.4, 0.5) is 17.5 Å². The topological polar surface area (TPSA) is 83.0 Å². The largest absolute Gasteiger partial charge is 0.384 e. The summed E-state index contributed by atoms with van der Waals surface area (Å²) in [5, 5.41) is 7.12. The van der Waals surface area contributed by atoms with Crippen LogP contribution < -0.4 is 15.5 Å². The number of aromatic nitrogens is 3. The van der Waals surface area contributed by atoms with E-state index in [4.69, 9.17) is 11.6 Å². The Hall–Kier alpha value is -2.41. The molecule has 0 aromatic carbocycles. The number of hydrogen-bond acceptors (Lipinski definition) is 6. The number of amides is 1. The zero-order valence-electron chi connectivity index (χ0n) is 20.4. The normalized spacial score (nSPS) is 25.6. The molecule has 8 heteroatoms.